The lowest BCUT2D eigenvalue weighted by molar-refractivity contribution is -0.130. The molecule has 18 heavy (non-hydrogen) atoms. The molecule has 0 saturated carbocycles. The Kier molecular flexibility index (Phi) is 7.44. The molecule has 0 bridgehead atoms. The average molecular weight is 330 g/mol. The summed E-state index contributed by atoms with van der Waals surface area (Å²) in [4.78, 5) is 15.3. The molecule has 1 amide bonds. The highest BCUT2D eigenvalue weighted by Gasteiger charge is 2.16. The molecule has 0 unspecified atom stereocenters. The number of amides is 1. The summed E-state index contributed by atoms with van der Waals surface area (Å²) in [5.74, 6) is 0.740. The molecule has 0 spiro atoms. The van der Waals surface area contributed by atoms with E-state index >= 15 is 0 Å². The van der Waals surface area contributed by atoms with Crippen LogP contribution in [0.25, 0.3) is 0 Å². The van der Waals surface area contributed by atoms with Crippen molar-refractivity contribution in [2.45, 2.75) is 31.2 Å². The Morgan fingerprint density at radius 3 is 2.56 bits per heavy atom. The van der Waals surface area contributed by atoms with Gasteiger partial charge in [-0.05, 0) is 32.4 Å². The fourth-order valence-corrected chi connectivity index (χ4v) is 2.70. The fraction of sp³-hybridized carbons (Fsp3) is 0.500. The predicted octanol–water partition coefficient (Wildman–Crippen LogP) is 3.80. The van der Waals surface area contributed by atoms with E-state index < -0.39 is 0 Å². The minimum absolute atomic E-state index is 0.222. The van der Waals surface area contributed by atoms with Crippen LogP contribution >= 0.6 is 27.7 Å². The maximum Gasteiger partial charge on any atom is 0.233 e. The van der Waals surface area contributed by atoms with Crippen LogP contribution in [0.1, 0.15) is 20.3 Å². The summed E-state index contributed by atoms with van der Waals surface area (Å²) in [5, 5.41) is 0.940. The number of rotatable bonds is 7. The molecule has 0 radical (unpaired) electrons. The Bertz CT molecular complexity index is 356. The Hall–Kier alpha value is -0.480. The number of carbonyl (C=O) groups is 1. The SMILES string of the molecule is CC(C)N(CCCBr)C(=O)CSc1ccccc1. The third kappa shape index (κ3) is 5.44. The number of hydrogen-bond donors (Lipinski definition) is 0. The lowest BCUT2D eigenvalue weighted by atomic mass is 10.3. The van der Waals surface area contributed by atoms with Gasteiger partial charge in [-0.3, -0.25) is 4.79 Å². The van der Waals surface area contributed by atoms with Crippen LogP contribution in [0.4, 0.5) is 0 Å². The van der Waals surface area contributed by atoms with Gasteiger partial charge >= 0.3 is 0 Å². The molecule has 1 aromatic carbocycles. The summed E-state index contributed by atoms with van der Waals surface area (Å²) in [5.41, 5.74) is 0. The number of carbonyl (C=O) groups excluding carboxylic acids is 1. The van der Waals surface area contributed by atoms with Gasteiger partial charge in [-0.25, -0.2) is 0 Å². The van der Waals surface area contributed by atoms with Gasteiger partial charge in [0.2, 0.25) is 5.91 Å². The topological polar surface area (TPSA) is 20.3 Å². The summed E-state index contributed by atoms with van der Waals surface area (Å²) in [6.45, 7) is 4.97. The Labute approximate surface area is 122 Å². The fourth-order valence-electron chi connectivity index (χ4n) is 1.65. The largest absolute Gasteiger partial charge is 0.340 e. The minimum Gasteiger partial charge on any atom is -0.340 e. The van der Waals surface area contributed by atoms with Crippen molar-refractivity contribution in [2.24, 2.45) is 0 Å². The summed E-state index contributed by atoms with van der Waals surface area (Å²) >= 11 is 5.01. The van der Waals surface area contributed by atoms with Crippen molar-refractivity contribution in [2.75, 3.05) is 17.6 Å². The van der Waals surface area contributed by atoms with Gasteiger partial charge in [0.25, 0.3) is 0 Å². The highest BCUT2D eigenvalue weighted by Crippen LogP contribution is 2.18. The van der Waals surface area contributed by atoms with Gasteiger partial charge in [0.05, 0.1) is 5.75 Å². The van der Waals surface area contributed by atoms with E-state index in [1.807, 2.05) is 35.2 Å². The van der Waals surface area contributed by atoms with Crippen molar-refractivity contribution in [3.8, 4) is 0 Å². The zero-order valence-corrected chi connectivity index (χ0v) is 13.3. The molecule has 2 nitrogen and oxygen atoms in total. The van der Waals surface area contributed by atoms with Crippen LogP contribution in [0, 0.1) is 0 Å². The second-order valence-electron chi connectivity index (χ2n) is 4.33. The number of alkyl halides is 1. The quantitative estimate of drug-likeness (QED) is 0.560. The van der Waals surface area contributed by atoms with Crippen molar-refractivity contribution < 1.29 is 4.79 Å². The summed E-state index contributed by atoms with van der Waals surface area (Å²) in [6, 6.07) is 10.3. The summed E-state index contributed by atoms with van der Waals surface area (Å²) < 4.78 is 0. The molecule has 0 saturated heterocycles. The Balaban J connectivity index is 2.46. The van der Waals surface area contributed by atoms with Crippen LogP contribution in [0.5, 0.6) is 0 Å². The average Bonchev–Trinajstić information content (AvgIpc) is 2.37. The van der Waals surface area contributed by atoms with E-state index in [1.165, 1.54) is 0 Å². The molecular weight excluding hydrogens is 310 g/mol. The van der Waals surface area contributed by atoms with E-state index in [0.717, 1.165) is 23.2 Å². The normalized spacial score (nSPS) is 10.7. The van der Waals surface area contributed by atoms with E-state index in [1.54, 1.807) is 11.8 Å². The van der Waals surface area contributed by atoms with Gasteiger partial charge in [-0.15, -0.1) is 11.8 Å². The molecule has 0 N–H and O–H groups in total. The zero-order chi connectivity index (χ0) is 13.4. The minimum atomic E-state index is 0.222. The van der Waals surface area contributed by atoms with Gasteiger partial charge in [-0.1, -0.05) is 34.1 Å². The molecule has 0 aliphatic rings. The first-order chi connectivity index (χ1) is 8.65. The van der Waals surface area contributed by atoms with E-state index in [9.17, 15) is 4.79 Å². The second-order valence-corrected chi connectivity index (χ2v) is 6.17. The first kappa shape index (κ1) is 15.6. The molecule has 4 heteroatoms. The van der Waals surface area contributed by atoms with E-state index in [4.69, 9.17) is 0 Å². The molecule has 0 atom stereocenters. The monoisotopic (exact) mass is 329 g/mol. The molecular formula is C14H20BrNOS. The lowest BCUT2D eigenvalue weighted by Crippen LogP contribution is -2.39. The van der Waals surface area contributed by atoms with E-state index in [2.05, 4.69) is 29.8 Å². The smallest absolute Gasteiger partial charge is 0.233 e. The summed E-state index contributed by atoms with van der Waals surface area (Å²) in [6.07, 6.45) is 1.000. The number of thioether (sulfide) groups is 1. The van der Waals surface area contributed by atoms with Crippen LogP contribution < -0.4 is 0 Å². The van der Waals surface area contributed by atoms with Crippen LogP contribution in [0.3, 0.4) is 0 Å². The molecule has 100 valence electrons. The van der Waals surface area contributed by atoms with E-state index in [-0.39, 0.29) is 11.9 Å². The van der Waals surface area contributed by atoms with Crippen LogP contribution in [-0.4, -0.2) is 34.5 Å². The zero-order valence-electron chi connectivity index (χ0n) is 10.9. The molecule has 0 aliphatic heterocycles. The van der Waals surface area contributed by atoms with Gasteiger partial charge in [0.1, 0.15) is 0 Å². The molecule has 1 aromatic rings. The Morgan fingerprint density at radius 1 is 1.33 bits per heavy atom. The van der Waals surface area contributed by atoms with Crippen LogP contribution in [-0.2, 0) is 4.79 Å². The van der Waals surface area contributed by atoms with Crippen molar-refractivity contribution in [1.29, 1.82) is 0 Å². The third-order valence-electron chi connectivity index (χ3n) is 2.58. The molecule has 0 heterocycles. The third-order valence-corrected chi connectivity index (χ3v) is 4.14. The number of halogens is 1. The maximum absolute atomic E-state index is 12.2. The number of nitrogens with zero attached hydrogens (tertiary/aromatic N) is 1. The van der Waals surface area contributed by atoms with Crippen molar-refractivity contribution in [1.82, 2.24) is 4.90 Å². The van der Waals surface area contributed by atoms with Crippen molar-refractivity contribution in [3.63, 3.8) is 0 Å². The molecule has 0 aromatic heterocycles. The van der Waals surface area contributed by atoms with Crippen molar-refractivity contribution >= 4 is 33.6 Å². The highest BCUT2D eigenvalue weighted by molar-refractivity contribution is 9.09. The first-order valence-corrected chi connectivity index (χ1v) is 8.29. The lowest BCUT2D eigenvalue weighted by Gasteiger charge is -2.26. The van der Waals surface area contributed by atoms with Crippen molar-refractivity contribution in [3.05, 3.63) is 30.3 Å². The predicted molar refractivity (Wildman–Crippen MR) is 82.4 cm³/mol. The van der Waals surface area contributed by atoms with Gasteiger partial charge in [0.15, 0.2) is 0 Å². The highest BCUT2D eigenvalue weighted by atomic mass is 79.9. The standard InChI is InChI=1S/C14H20BrNOS/c1-12(2)16(10-6-9-15)14(17)11-18-13-7-4-3-5-8-13/h3-5,7-8,12H,6,9-11H2,1-2H3. The molecule has 0 fully saturated rings. The first-order valence-electron chi connectivity index (χ1n) is 6.18. The summed E-state index contributed by atoms with van der Waals surface area (Å²) in [7, 11) is 0. The Morgan fingerprint density at radius 2 is 2.00 bits per heavy atom. The van der Waals surface area contributed by atoms with Gasteiger partial charge in [-0.2, -0.15) is 0 Å². The maximum atomic E-state index is 12.2. The number of benzene rings is 1. The van der Waals surface area contributed by atoms with Gasteiger partial charge in [0, 0.05) is 22.8 Å². The van der Waals surface area contributed by atoms with E-state index in [0.29, 0.717) is 5.75 Å². The van der Waals surface area contributed by atoms with Crippen LogP contribution in [0.15, 0.2) is 35.2 Å². The number of hydrogen-bond acceptors (Lipinski definition) is 2. The van der Waals surface area contributed by atoms with Gasteiger partial charge < -0.3 is 4.90 Å². The molecule has 0 aliphatic carbocycles. The second kappa shape index (κ2) is 8.59. The van der Waals surface area contributed by atoms with Crippen LogP contribution in [0.2, 0.25) is 0 Å². The molecule has 1 rings (SSSR count).